The molecule has 2 N–H and O–H groups in total. The van der Waals surface area contributed by atoms with Gasteiger partial charge >= 0.3 is 5.63 Å². The first-order chi connectivity index (χ1) is 13.3. The molecule has 0 saturated carbocycles. The van der Waals surface area contributed by atoms with E-state index in [1.165, 1.54) is 11.6 Å². The predicted octanol–water partition coefficient (Wildman–Crippen LogP) is 5.90. The topological polar surface area (TPSA) is 66.2 Å². The van der Waals surface area contributed by atoms with Crippen LogP contribution in [0.4, 0.5) is 0 Å². The summed E-state index contributed by atoms with van der Waals surface area (Å²) in [5.74, 6) is 0.692. The third kappa shape index (κ3) is 3.01. The standard InChI is InChI=1S/C24H23NO3/c1-13(2)17-9-10-18-19(12-17)25-23(16-7-5-14(3)6-8-16)21(18)22-20(26)11-15(4)28-24(22)27/h5-13,25-26H,1-4H3. The largest absolute Gasteiger partial charge is 0.507 e. The third-order valence-corrected chi connectivity index (χ3v) is 5.13. The maximum Gasteiger partial charge on any atom is 0.347 e. The molecule has 2 aromatic carbocycles. The molecule has 2 aromatic heterocycles. The third-order valence-electron chi connectivity index (χ3n) is 5.13. The number of hydrogen-bond donors (Lipinski definition) is 2. The van der Waals surface area contributed by atoms with Gasteiger partial charge in [0.2, 0.25) is 0 Å². The van der Waals surface area contributed by atoms with Crippen LogP contribution in [0.1, 0.15) is 36.7 Å². The number of aromatic nitrogens is 1. The lowest BCUT2D eigenvalue weighted by Gasteiger charge is -2.08. The zero-order valence-electron chi connectivity index (χ0n) is 16.5. The molecule has 0 aliphatic heterocycles. The van der Waals surface area contributed by atoms with E-state index in [4.69, 9.17) is 4.42 Å². The molecule has 0 radical (unpaired) electrons. The molecule has 0 atom stereocenters. The van der Waals surface area contributed by atoms with E-state index in [0.29, 0.717) is 17.2 Å². The average Bonchev–Trinajstić information content (AvgIpc) is 3.00. The summed E-state index contributed by atoms with van der Waals surface area (Å²) in [5.41, 5.74) is 5.34. The highest BCUT2D eigenvalue weighted by atomic mass is 16.4. The zero-order valence-corrected chi connectivity index (χ0v) is 16.5. The molecule has 0 bridgehead atoms. The summed E-state index contributed by atoms with van der Waals surface area (Å²) >= 11 is 0. The number of rotatable bonds is 3. The van der Waals surface area contributed by atoms with Crippen LogP contribution in [0.15, 0.2) is 57.7 Å². The molecule has 142 valence electrons. The van der Waals surface area contributed by atoms with E-state index in [-0.39, 0.29) is 11.3 Å². The Kier molecular flexibility index (Phi) is 4.34. The molecule has 0 aliphatic carbocycles. The lowest BCUT2D eigenvalue weighted by Crippen LogP contribution is -2.04. The van der Waals surface area contributed by atoms with Crippen LogP contribution in [0.3, 0.4) is 0 Å². The first kappa shape index (κ1) is 18.1. The number of benzene rings is 2. The van der Waals surface area contributed by atoms with E-state index in [2.05, 4.69) is 31.0 Å². The fourth-order valence-electron chi connectivity index (χ4n) is 3.60. The molecule has 4 rings (SSSR count). The smallest absolute Gasteiger partial charge is 0.347 e. The Morgan fingerprint density at radius 3 is 2.32 bits per heavy atom. The predicted molar refractivity (Wildman–Crippen MR) is 113 cm³/mol. The highest BCUT2D eigenvalue weighted by molar-refractivity contribution is 6.04. The van der Waals surface area contributed by atoms with Gasteiger partial charge in [0.25, 0.3) is 0 Å². The van der Waals surface area contributed by atoms with Crippen LogP contribution in [0.5, 0.6) is 5.75 Å². The first-order valence-electron chi connectivity index (χ1n) is 9.42. The number of aromatic amines is 1. The normalized spacial score (nSPS) is 11.5. The number of fused-ring (bicyclic) bond motifs is 1. The summed E-state index contributed by atoms with van der Waals surface area (Å²) in [7, 11) is 0. The maximum atomic E-state index is 12.7. The minimum Gasteiger partial charge on any atom is -0.507 e. The molecule has 0 saturated heterocycles. The number of H-pyrrole nitrogens is 1. The SMILES string of the molecule is Cc1ccc(-c2[nH]c3cc(C(C)C)ccc3c2-c2c(O)cc(C)oc2=O)cc1. The van der Waals surface area contributed by atoms with Gasteiger partial charge in [0, 0.05) is 22.5 Å². The second kappa shape index (κ2) is 6.71. The summed E-state index contributed by atoms with van der Waals surface area (Å²) < 4.78 is 5.30. The number of aromatic hydroxyl groups is 1. The molecule has 4 nitrogen and oxygen atoms in total. The Morgan fingerprint density at radius 1 is 0.964 bits per heavy atom. The number of hydrogen-bond acceptors (Lipinski definition) is 3. The Hall–Kier alpha value is -3.27. The van der Waals surface area contributed by atoms with Gasteiger partial charge in [-0.1, -0.05) is 55.8 Å². The average molecular weight is 373 g/mol. The van der Waals surface area contributed by atoms with Crippen molar-refractivity contribution in [2.45, 2.75) is 33.6 Å². The van der Waals surface area contributed by atoms with Crippen molar-refractivity contribution in [1.29, 1.82) is 0 Å². The molecule has 0 amide bonds. The van der Waals surface area contributed by atoms with Crippen LogP contribution < -0.4 is 5.63 Å². The van der Waals surface area contributed by atoms with E-state index in [0.717, 1.165) is 27.7 Å². The Labute approximate surface area is 163 Å². The van der Waals surface area contributed by atoms with Crippen LogP contribution in [0.25, 0.3) is 33.3 Å². The summed E-state index contributed by atoms with van der Waals surface area (Å²) in [4.78, 5) is 16.1. The van der Waals surface area contributed by atoms with Crippen LogP contribution in [0, 0.1) is 13.8 Å². The monoisotopic (exact) mass is 373 g/mol. The molecule has 0 unspecified atom stereocenters. The summed E-state index contributed by atoms with van der Waals surface area (Å²) in [6.45, 7) is 7.97. The lowest BCUT2D eigenvalue weighted by atomic mass is 9.96. The first-order valence-corrected chi connectivity index (χ1v) is 9.42. The Bertz CT molecular complexity index is 1230. The van der Waals surface area contributed by atoms with Crippen LogP contribution in [0.2, 0.25) is 0 Å². The Balaban J connectivity index is 2.09. The highest BCUT2D eigenvalue weighted by Crippen LogP contribution is 2.41. The van der Waals surface area contributed by atoms with Gasteiger partial charge in [-0.05, 0) is 37.0 Å². The lowest BCUT2D eigenvalue weighted by molar-refractivity contribution is 0.438. The van der Waals surface area contributed by atoms with Gasteiger partial charge in [-0.25, -0.2) is 4.79 Å². The van der Waals surface area contributed by atoms with Crippen molar-refractivity contribution >= 4 is 10.9 Å². The van der Waals surface area contributed by atoms with Gasteiger partial charge in [0.05, 0.1) is 5.69 Å². The van der Waals surface area contributed by atoms with E-state index in [1.807, 2.05) is 37.3 Å². The second-order valence-corrected chi connectivity index (χ2v) is 7.61. The number of aryl methyl sites for hydroxylation is 2. The molecule has 2 heterocycles. The molecular weight excluding hydrogens is 350 g/mol. The van der Waals surface area contributed by atoms with E-state index in [1.54, 1.807) is 6.92 Å². The van der Waals surface area contributed by atoms with Gasteiger partial charge in [0.15, 0.2) is 0 Å². The minimum absolute atomic E-state index is 0.0732. The van der Waals surface area contributed by atoms with Crippen molar-refractivity contribution in [2.75, 3.05) is 0 Å². The van der Waals surface area contributed by atoms with Gasteiger partial charge in [-0.3, -0.25) is 0 Å². The molecule has 4 heteroatoms. The zero-order chi connectivity index (χ0) is 20.0. The highest BCUT2D eigenvalue weighted by Gasteiger charge is 2.22. The van der Waals surface area contributed by atoms with Gasteiger partial charge in [-0.2, -0.15) is 0 Å². The molecule has 4 aromatic rings. The van der Waals surface area contributed by atoms with E-state index < -0.39 is 5.63 Å². The van der Waals surface area contributed by atoms with Crippen LogP contribution >= 0.6 is 0 Å². The van der Waals surface area contributed by atoms with Gasteiger partial charge in [0.1, 0.15) is 17.1 Å². The fraction of sp³-hybridized carbons (Fsp3) is 0.208. The molecule has 0 spiro atoms. The van der Waals surface area contributed by atoms with Gasteiger partial charge < -0.3 is 14.5 Å². The van der Waals surface area contributed by atoms with Crippen molar-refractivity contribution < 1.29 is 9.52 Å². The van der Waals surface area contributed by atoms with Crippen molar-refractivity contribution in [2.24, 2.45) is 0 Å². The molecule has 0 aliphatic rings. The molecule has 28 heavy (non-hydrogen) atoms. The summed E-state index contributed by atoms with van der Waals surface area (Å²) in [6.07, 6.45) is 0. The van der Waals surface area contributed by atoms with Crippen molar-refractivity contribution in [3.05, 3.63) is 75.8 Å². The quantitative estimate of drug-likeness (QED) is 0.470. The van der Waals surface area contributed by atoms with Gasteiger partial charge in [-0.15, -0.1) is 0 Å². The fourth-order valence-corrected chi connectivity index (χ4v) is 3.60. The second-order valence-electron chi connectivity index (χ2n) is 7.61. The molecule has 0 fully saturated rings. The van der Waals surface area contributed by atoms with E-state index >= 15 is 0 Å². The number of nitrogens with one attached hydrogen (secondary N) is 1. The van der Waals surface area contributed by atoms with E-state index in [9.17, 15) is 9.90 Å². The summed E-state index contributed by atoms with van der Waals surface area (Å²) in [6, 6.07) is 15.7. The van der Waals surface area contributed by atoms with Crippen LogP contribution in [-0.4, -0.2) is 10.1 Å². The minimum atomic E-state index is -0.542. The molecular formula is C24H23NO3. The van der Waals surface area contributed by atoms with Crippen molar-refractivity contribution in [1.82, 2.24) is 4.98 Å². The summed E-state index contributed by atoms with van der Waals surface area (Å²) in [5, 5.41) is 11.5. The van der Waals surface area contributed by atoms with Crippen molar-refractivity contribution in [3.8, 4) is 28.1 Å². The van der Waals surface area contributed by atoms with Crippen molar-refractivity contribution in [3.63, 3.8) is 0 Å². The van der Waals surface area contributed by atoms with Crippen LogP contribution in [-0.2, 0) is 0 Å². The Morgan fingerprint density at radius 2 is 1.68 bits per heavy atom. The maximum absolute atomic E-state index is 12.7.